The highest BCUT2D eigenvalue weighted by Crippen LogP contribution is 2.25. The topological polar surface area (TPSA) is 41.6 Å². The molecule has 1 atom stereocenters. The van der Waals surface area contributed by atoms with E-state index < -0.39 is 0 Å². The van der Waals surface area contributed by atoms with Gasteiger partial charge in [-0.15, -0.1) is 0 Å². The van der Waals surface area contributed by atoms with Crippen LogP contribution in [-0.2, 0) is 4.74 Å². The van der Waals surface area contributed by atoms with Gasteiger partial charge in [0, 0.05) is 20.2 Å². The molecule has 1 N–H and O–H groups in total. The maximum absolute atomic E-state index is 11.8. The summed E-state index contributed by atoms with van der Waals surface area (Å²) >= 11 is 0. The minimum absolute atomic E-state index is 0.0578. The summed E-state index contributed by atoms with van der Waals surface area (Å²) in [6.45, 7) is 2.35. The molecule has 2 aliphatic rings. The van der Waals surface area contributed by atoms with Crippen LogP contribution in [0.5, 0.6) is 0 Å². The molecule has 0 bridgehead atoms. The van der Waals surface area contributed by atoms with E-state index in [4.69, 9.17) is 4.74 Å². The second-order valence-corrected chi connectivity index (χ2v) is 5.04. The molecule has 1 aliphatic heterocycles. The van der Waals surface area contributed by atoms with Gasteiger partial charge in [0.25, 0.3) is 0 Å². The number of rotatable bonds is 3. The van der Waals surface area contributed by atoms with E-state index in [1.807, 2.05) is 11.9 Å². The standard InChI is InChI=1S/C12H22N2O2/c1-14(8-10-4-2-3-5-10)12(15)13-11-6-7-16-9-11/h10-11H,2-9H2,1H3,(H,13,15). The largest absolute Gasteiger partial charge is 0.379 e. The van der Waals surface area contributed by atoms with E-state index >= 15 is 0 Å². The van der Waals surface area contributed by atoms with E-state index in [0.717, 1.165) is 25.5 Å². The van der Waals surface area contributed by atoms with Gasteiger partial charge >= 0.3 is 6.03 Å². The van der Waals surface area contributed by atoms with Crippen LogP contribution in [0.25, 0.3) is 0 Å². The highest BCUT2D eigenvalue weighted by Gasteiger charge is 2.22. The van der Waals surface area contributed by atoms with Gasteiger partial charge in [0.15, 0.2) is 0 Å². The third-order valence-electron chi connectivity index (χ3n) is 3.61. The van der Waals surface area contributed by atoms with Crippen molar-refractivity contribution >= 4 is 6.03 Å². The molecule has 2 amide bonds. The number of urea groups is 1. The quantitative estimate of drug-likeness (QED) is 0.794. The molecule has 4 nitrogen and oxygen atoms in total. The highest BCUT2D eigenvalue weighted by molar-refractivity contribution is 5.74. The van der Waals surface area contributed by atoms with Gasteiger partial charge in [-0.2, -0.15) is 0 Å². The average molecular weight is 226 g/mol. The Kier molecular flexibility index (Phi) is 4.04. The van der Waals surface area contributed by atoms with E-state index in [1.165, 1.54) is 25.7 Å². The van der Waals surface area contributed by atoms with Gasteiger partial charge in [-0.1, -0.05) is 12.8 Å². The lowest BCUT2D eigenvalue weighted by Crippen LogP contribution is -2.44. The van der Waals surface area contributed by atoms with E-state index in [9.17, 15) is 4.79 Å². The molecule has 0 aromatic rings. The lowest BCUT2D eigenvalue weighted by molar-refractivity contribution is 0.179. The number of nitrogens with zero attached hydrogens (tertiary/aromatic N) is 1. The van der Waals surface area contributed by atoms with Crippen molar-refractivity contribution in [3.05, 3.63) is 0 Å². The smallest absolute Gasteiger partial charge is 0.317 e. The second kappa shape index (κ2) is 5.53. The minimum Gasteiger partial charge on any atom is -0.379 e. The number of carbonyl (C=O) groups is 1. The summed E-state index contributed by atoms with van der Waals surface area (Å²) in [5.41, 5.74) is 0. The molecule has 0 spiro atoms. The number of hydrogen-bond acceptors (Lipinski definition) is 2. The first kappa shape index (κ1) is 11.7. The Hall–Kier alpha value is -0.770. The summed E-state index contributed by atoms with van der Waals surface area (Å²) in [4.78, 5) is 13.7. The third-order valence-corrected chi connectivity index (χ3v) is 3.61. The van der Waals surface area contributed by atoms with Crippen LogP contribution in [0.1, 0.15) is 32.1 Å². The first-order chi connectivity index (χ1) is 7.75. The van der Waals surface area contributed by atoms with E-state index in [0.29, 0.717) is 6.61 Å². The zero-order valence-corrected chi connectivity index (χ0v) is 10.1. The van der Waals surface area contributed by atoms with Crippen LogP contribution < -0.4 is 5.32 Å². The first-order valence-electron chi connectivity index (χ1n) is 6.35. The molecule has 1 unspecified atom stereocenters. The minimum atomic E-state index is 0.0578. The van der Waals surface area contributed by atoms with Crippen LogP contribution in [0.4, 0.5) is 4.79 Å². The van der Waals surface area contributed by atoms with Crippen molar-refractivity contribution in [2.24, 2.45) is 5.92 Å². The highest BCUT2D eigenvalue weighted by atomic mass is 16.5. The molecule has 2 rings (SSSR count). The Balaban J connectivity index is 1.70. The predicted molar refractivity (Wildman–Crippen MR) is 62.3 cm³/mol. The summed E-state index contributed by atoms with van der Waals surface area (Å²) in [5, 5.41) is 3.01. The van der Waals surface area contributed by atoms with Gasteiger partial charge in [-0.25, -0.2) is 4.79 Å². The number of ether oxygens (including phenoxy) is 1. The van der Waals surface area contributed by atoms with Crippen molar-refractivity contribution in [2.75, 3.05) is 26.8 Å². The molecule has 1 saturated heterocycles. The molecule has 0 aromatic heterocycles. The molecular weight excluding hydrogens is 204 g/mol. The van der Waals surface area contributed by atoms with Gasteiger partial charge in [0.2, 0.25) is 0 Å². The SMILES string of the molecule is CN(CC1CCCC1)C(=O)NC1CCOC1. The van der Waals surface area contributed by atoms with Crippen LogP contribution in [0.3, 0.4) is 0 Å². The predicted octanol–water partition coefficient (Wildman–Crippen LogP) is 1.61. The first-order valence-corrected chi connectivity index (χ1v) is 6.35. The summed E-state index contributed by atoms with van der Waals surface area (Å²) in [5.74, 6) is 0.718. The Morgan fingerprint density at radius 2 is 2.12 bits per heavy atom. The Bertz CT molecular complexity index is 233. The maximum atomic E-state index is 11.8. The fourth-order valence-corrected chi connectivity index (χ4v) is 2.60. The Morgan fingerprint density at radius 3 is 2.75 bits per heavy atom. The molecule has 16 heavy (non-hydrogen) atoms. The normalized spacial score (nSPS) is 25.9. The Morgan fingerprint density at radius 1 is 1.38 bits per heavy atom. The number of nitrogens with one attached hydrogen (secondary N) is 1. The molecule has 2 fully saturated rings. The lowest BCUT2D eigenvalue weighted by atomic mass is 10.1. The van der Waals surface area contributed by atoms with Crippen molar-refractivity contribution in [2.45, 2.75) is 38.1 Å². The Labute approximate surface area is 97.3 Å². The van der Waals surface area contributed by atoms with Crippen molar-refractivity contribution < 1.29 is 9.53 Å². The second-order valence-electron chi connectivity index (χ2n) is 5.04. The maximum Gasteiger partial charge on any atom is 0.317 e. The van der Waals surface area contributed by atoms with Crippen molar-refractivity contribution in [1.82, 2.24) is 10.2 Å². The molecule has 1 saturated carbocycles. The van der Waals surface area contributed by atoms with Gasteiger partial charge in [-0.05, 0) is 25.2 Å². The molecular formula is C12H22N2O2. The van der Waals surface area contributed by atoms with E-state index in [-0.39, 0.29) is 12.1 Å². The van der Waals surface area contributed by atoms with Crippen molar-refractivity contribution in [1.29, 1.82) is 0 Å². The van der Waals surface area contributed by atoms with Crippen LogP contribution in [0, 0.1) is 5.92 Å². The number of carbonyl (C=O) groups excluding carboxylic acids is 1. The van der Waals surface area contributed by atoms with Gasteiger partial charge in [0.05, 0.1) is 12.6 Å². The zero-order valence-electron chi connectivity index (χ0n) is 10.1. The zero-order chi connectivity index (χ0) is 11.4. The number of amides is 2. The van der Waals surface area contributed by atoms with Crippen molar-refractivity contribution in [3.8, 4) is 0 Å². The van der Waals surface area contributed by atoms with Crippen LogP contribution in [-0.4, -0.2) is 43.8 Å². The fourth-order valence-electron chi connectivity index (χ4n) is 2.60. The fraction of sp³-hybridized carbons (Fsp3) is 0.917. The van der Waals surface area contributed by atoms with E-state index in [1.54, 1.807) is 0 Å². The number of hydrogen-bond donors (Lipinski definition) is 1. The molecule has 1 heterocycles. The molecule has 0 radical (unpaired) electrons. The summed E-state index contributed by atoms with van der Waals surface area (Å²) < 4.78 is 5.24. The summed E-state index contributed by atoms with van der Waals surface area (Å²) in [6.07, 6.45) is 6.17. The monoisotopic (exact) mass is 226 g/mol. The third kappa shape index (κ3) is 3.11. The molecule has 1 aliphatic carbocycles. The van der Waals surface area contributed by atoms with Crippen LogP contribution in [0.15, 0.2) is 0 Å². The average Bonchev–Trinajstić information content (AvgIpc) is 2.90. The van der Waals surface area contributed by atoms with Gasteiger partial charge in [0.1, 0.15) is 0 Å². The summed E-state index contributed by atoms with van der Waals surface area (Å²) in [6, 6.07) is 0.279. The molecule has 92 valence electrons. The summed E-state index contributed by atoms with van der Waals surface area (Å²) in [7, 11) is 1.89. The van der Waals surface area contributed by atoms with Crippen LogP contribution in [0.2, 0.25) is 0 Å². The van der Waals surface area contributed by atoms with Crippen LogP contribution >= 0.6 is 0 Å². The molecule has 0 aromatic carbocycles. The van der Waals surface area contributed by atoms with Crippen molar-refractivity contribution in [3.63, 3.8) is 0 Å². The van der Waals surface area contributed by atoms with Gasteiger partial charge in [-0.3, -0.25) is 0 Å². The molecule has 4 heteroatoms. The lowest BCUT2D eigenvalue weighted by Gasteiger charge is -2.23. The van der Waals surface area contributed by atoms with E-state index in [2.05, 4.69) is 5.32 Å². The van der Waals surface area contributed by atoms with Gasteiger partial charge < -0.3 is 15.0 Å².